The van der Waals surface area contributed by atoms with Crippen LogP contribution in [0, 0.1) is 19.8 Å². The van der Waals surface area contributed by atoms with Gasteiger partial charge in [-0.25, -0.2) is 4.98 Å². The number of benzene rings is 1. The van der Waals surface area contributed by atoms with Crippen molar-refractivity contribution in [3.8, 4) is 11.3 Å². The summed E-state index contributed by atoms with van der Waals surface area (Å²) in [4.78, 5) is 32.9. The Hall–Kier alpha value is -2.25. The monoisotopic (exact) mass is 400 g/mol. The number of aryl methyl sites for hydroxylation is 2. The minimum Gasteiger partial charge on any atom is -0.349 e. The van der Waals surface area contributed by atoms with Crippen LogP contribution in [0.1, 0.15) is 24.0 Å². The van der Waals surface area contributed by atoms with Crippen LogP contribution < -0.4 is 5.32 Å². The third-order valence-electron chi connectivity index (χ3n) is 5.22. The van der Waals surface area contributed by atoms with Gasteiger partial charge in [0, 0.05) is 31.6 Å². The molecule has 1 aromatic carbocycles. The summed E-state index contributed by atoms with van der Waals surface area (Å²) in [5, 5.41) is 5.48. The highest BCUT2D eigenvalue weighted by molar-refractivity contribution is 7.14. The molecular weight excluding hydrogens is 372 g/mol. The molecule has 0 spiro atoms. The molecule has 6 nitrogen and oxygen atoms in total. The molecule has 2 amide bonds. The van der Waals surface area contributed by atoms with E-state index in [4.69, 9.17) is 0 Å². The molecule has 2 heterocycles. The molecule has 1 fully saturated rings. The number of aromatic nitrogens is 1. The van der Waals surface area contributed by atoms with E-state index in [1.165, 1.54) is 22.5 Å². The summed E-state index contributed by atoms with van der Waals surface area (Å²) >= 11 is 1.43. The van der Waals surface area contributed by atoms with Crippen molar-refractivity contribution in [2.75, 3.05) is 39.0 Å². The summed E-state index contributed by atoms with van der Waals surface area (Å²) in [6.07, 6.45) is 1.83. The smallest absolute Gasteiger partial charge is 0.240 e. The Kier molecular flexibility index (Phi) is 6.46. The summed E-state index contributed by atoms with van der Waals surface area (Å²) in [6.45, 7) is 5.94. The number of anilines is 1. The van der Waals surface area contributed by atoms with Crippen molar-refractivity contribution < 1.29 is 9.59 Å². The Labute approximate surface area is 170 Å². The van der Waals surface area contributed by atoms with Gasteiger partial charge < -0.3 is 10.2 Å². The molecule has 1 atom stereocenters. The van der Waals surface area contributed by atoms with Gasteiger partial charge in [0.05, 0.1) is 18.2 Å². The summed E-state index contributed by atoms with van der Waals surface area (Å²) in [7, 11) is 3.56. The second-order valence-electron chi connectivity index (χ2n) is 7.69. The minimum absolute atomic E-state index is 0.0206. The Morgan fingerprint density at radius 3 is 2.79 bits per heavy atom. The molecular formula is C21H28N4O2S. The van der Waals surface area contributed by atoms with Crippen LogP contribution in [0.2, 0.25) is 0 Å². The number of thiazole rings is 1. The molecule has 0 radical (unpaired) electrons. The van der Waals surface area contributed by atoms with Gasteiger partial charge in [-0.1, -0.05) is 12.1 Å². The third kappa shape index (κ3) is 4.97. The molecule has 2 aromatic rings. The number of nitrogens with one attached hydrogen (secondary N) is 1. The van der Waals surface area contributed by atoms with Crippen molar-refractivity contribution >= 4 is 28.3 Å². The van der Waals surface area contributed by atoms with Crippen LogP contribution in [0.4, 0.5) is 5.13 Å². The fraction of sp³-hybridized carbons (Fsp3) is 0.476. The second kappa shape index (κ2) is 8.84. The summed E-state index contributed by atoms with van der Waals surface area (Å²) in [5.74, 6) is 0.0368. The van der Waals surface area contributed by atoms with Crippen LogP contribution >= 0.6 is 11.3 Å². The van der Waals surface area contributed by atoms with Gasteiger partial charge in [-0.05, 0) is 50.4 Å². The number of hydrogen-bond acceptors (Lipinski definition) is 5. The summed E-state index contributed by atoms with van der Waals surface area (Å²) in [5.41, 5.74) is 4.40. The lowest BCUT2D eigenvalue weighted by atomic mass is 9.97. The predicted molar refractivity (Wildman–Crippen MR) is 114 cm³/mol. The van der Waals surface area contributed by atoms with E-state index >= 15 is 0 Å². The zero-order chi connectivity index (χ0) is 20.3. The van der Waals surface area contributed by atoms with Crippen molar-refractivity contribution in [1.82, 2.24) is 14.8 Å². The van der Waals surface area contributed by atoms with Gasteiger partial charge in [-0.15, -0.1) is 11.3 Å². The third-order valence-corrected chi connectivity index (χ3v) is 5.97. The standard InChI is InChI=1S/C21H28N4O2S/c1-14-7-8-16(10-15(14)2)18-13-28-21(22-18)23-19(26)12-25-9-5-6-17(11-25)20(27)24(3)4/h7-8,10,13,17H,5-6,9,11-12H2,1-4H3,(H,22,23,26). The molecule has 1 N–H and O–H groups in total. The van der Waals surface area contributed by atoms with E-state index in [-0.39, 0.29) is 24.3 Å². The quantitative estimate of drug-likeness (QED) is 0.837. The molecule has 28 heavy (non-hydrogen) atoms. The summed E-state index contributed by atoms with van der Waals surface area (Å²) < 4.78 is 0. The average Bonchev–Trinajstić information content (AvgIpc) is 3.11. The van der Waals surface area contributed by atoms with E-state index in [1.807, 2.05) is 5.38 Å². The Morgan fingerprint density at radius 2 is 2.07 bits per heavy atom. The first-order valence-electron chi connectivity index (χ1n) is 9.60. The molecule has 0 bridgehead atoms. The Bertz CT molecular complexity index is 862. The topological polar surface area (TPSA) is 65.5 Å². The van der Waals surface area contributed by atoms with Crippen LogP contribution in [0.5, 0.6) is 0 Å². The number of carbonyl (C=O) groups is 2. The lowest BCUT2D eigenvalue weighted by Gasteiger charge is -2.32. The van der Waals surface area contributed by atoms with Gasteiger partial charge >= 0.3 is 0 Å². The average molecular weight is 401 g/mol. The molecule has 0 saturated carbocycles. The highest BCUT2D eigenvalue weighted by atomic mass is 32.1. The van der Waals surface area contributed by atoms with Crippen LogP contribution in [0.15, 0.2) is 23.6 Å². The van der Waals surface area contributed by atoms with E-state index in [1.54, 1.807) is 19.0 Å². The number of carbonyl (C=O) groups excluding carboxylic acids is 2. The molecule has 1 aromatic heterocycles. The van der Waals surface area contributed by atoms with E-state index in [0.29, 0.717) is 11.7 Å². The zero-order valence-corrected chi connectivity index (χ0v) is 17.8. The van der Waals surface area contributed by atoms with Crippen LogP contribution in [-0.4, -0.2) is 60.3 Å². The molecule has 150 valence electrons. The van der Waals surface area contributed by atoms with Gasteiger partial charge in [0.15, 0.2) is 5.13 Å². The first kappa shape index (κ1) is 20.5. The van der Waals surface area contributed by atoms with Gasteiger partial charge in [-0.2, -0.15) is 0 Å². The van der Waals surface area contributed by atoms with Crippen molar-refractivity contribution in [2.24, 2.45) is 5.92 Å². The fourth-order valence-electron chi connectivity index (χ4n) is 3.49. The number of likely N-dealkylation sites (tertiary alicyclic amines) is 1. The summed E-state index contributed by atoms with van der Waals surface area (Å²) in [6, 6.07) is 6.26. The van der Waals surface area contributed by atoms with E-state index < -0.39 is 0 Å². The van der Waals surface area contributed by atoms with Gasteiger partial charge in [0.2, 0.25) is 11.8 Å². The Balaban J connectivity index is 1.57. The molecule has 0 aliphatic carbocycles. The first-order chi connectivity index (χ1) is 13.3. The maximum Gasteiger partial charge on any atom is 0.240 e. The Morgan fingerprint density at radius 1 is 1.29 bits per heavy atom. The van der Waals surface area contributed by atoms with Gasteiger partial charge in [0.1, 0.15) is 0 Å². The molecule has 1 aliphatic rings. The van der Waals surface area contributed by atoms with Crippen molar-refractivity contribution in [1.29, 1.82) is 0 Å². The van der Waals surface area contributed by atoms with Crippen molar-refractivity contribution in [2.45, 2.75) is 26.7 Å². The molecule has 3 rings (SSSR count). The molecule has 1 unspecified atom stereocenters. The van der Waals surface area contributed by atoms with E-state index in [9.17, 15) is 9.59 Å². The highest BCUT2D eigenvalue weighted by Crippen LogP contribution is 2.26. The van der Waals surface area contributed by atoms with Crippen molar-refractivity contribution in [3.05, 3.63) is 34.7 Å². The normalized spacial score (nSPS) is 17.4. The highest BCUT2D eigenvalue weighted by Gasteiger charge is 2.27. The second-order valence-corrected chi connectivity index (χ2v) is 8.55. The number of piperidine rings is 1. The minimum atomic E-state index is -0.0843. The maximum absolute atomic E-state index is 12.5. The molecule has 7 heteroatoms. The number of amides is 2. The van der Waals surface area contributed by atoms with Crippen LogP contribution in [-0.2, 0) is 9.59 Å². The zero-order valence-electron chi connectivity index (χ0n) is 17.0. The maximum atomic E-state index is 12.5. The number of nitrogens with zero attached hydrogens (tertiary/aromatic N) is 3. The van der Waals surface area contributed by atoms with Crippen LogP contribution in [0.3, 0.4) is 0 Å². The van der Waals surface area contributed by atoms with E-state index in [0.717, 1.165) is 30.6 Å². The van der Waals surface area contributed by atoms with Gasteiger partial charge in [-0.3, -0.25) is 14.5 Å². The number of hydrogen-bond donors (Lipinski definition) is 1. The largest absolute Gasteiger partial charge is 0.349 e. The first-order valence-corrected chi connectivity index (χ1v) is 10.5. The lowest BCUT2D eigenvalue weighted by molar-refractivity contribution is -0.135. The van der Waals surface area contributed by atoms with Crippen molar-refractivity contribution in [3.63, 3.8) is 0 Å². The SMILES string of the molecule is Cc1ccc(-c2csc(NC(=O)CN3CCCC(C(=O)N(C)C)C3)n2)cc1C. The number of rotatable bonds is 5. The van der Waals surface area contributed by atoms with Crippen LogP contribution in [0.25, 0.3) is 11.3 Å². The van der Waals surface area contributed by atoms with E-state index in [2.05, 4.69) is 47.2 Å². The lowest BCUT2D eigenvalue weighted by Crippen LogP contribution is -2.45. The van der Waals surface area contributed by atoms with Gasteiger partial charge in [0.25, 0.3) is 0 Å². The fourth-order valence-corrected chi connectivity index (χ4v) is 4.23. The molecule has 1 saturated heterocycles. The predicted octanol–water partition coefficient (Wildman–Crippen LogP) is 3.17. The molecule has 1 aliphatic heterocycles.